The highest BCUT2D eigenvalue weighted by atomic mass is 16.3. The summed E-state index contributed by atoms with van der Waals surface area (Å²) in [7, 11) is 0. The van der Waals surface area contributed by atoms with Crippen molar-refractivity contribution in [3.05, 3.63) is 0 Å². The molecule has 0 saturated heterocycles. The highest BCUT2D eigenvalue weighted by Crippen LogP contribution is 2.32. The van der Waals surface area contributed by atoms with E-state index in [9.17, 15) is 0 Å². The minimum absolute atomic E-state index is 0.247. The van der Waals surface area contributed by atoms with Crippen molar-refractivity contribution in [3.63, 3.8) is 0 Å². The third-order valence-corrected chi connectivity index (χ3v) is 2.15. The van der Waals surface area contributed by atoms with E-state index in [-0.39, 0.29) is 12.6 Å². The predicted molar refractivity (Wildman–Crippen MR) is 41.9 cm³/mol. The first kappa shape index (κ1) is 8.02. The smallest absolute Gasteiger partial charge is 0.0582 e. The molecule has 0 amide bonds. The van der Waals surface area contributed by atoms with Gasteiger partial charge in [-0.2, -0.15) is 0 Å². The first-order valence-corrected chi connectivity index (χ1v) is 4.11. The van der Waals surface area contributed by atoms with Crippen molar-refractivity contribution in [2.45, 2.75) is 38.8 Å². The van der Waals surface area contributed by atoms with Gasteiger partial charge in [0.05, 0.1) is 6.61 Å². The molecule has 10 heavy (non-hydrogen) atoms. The van der Waals surface area contributed by atoms with Crippen molar-refractivity contribution in [1.82, 2.24) is 5.32 Å². The fourth-order valence-corrected chi connectivity index (χ4v) is 1.23. The lowest BCUT2D eigenvalue weighted by atomic mass is 10.2. The van der Waals surface area contributed by atoms with Gasteiger partial charge in [-0.15, -0.1) is 0 Å². The molecule has 0 aromatic rings. The third kappa shape index (κ3) is 2.27. The van der Waals surface area contributed by atoms with Crippen LogP contribution >= 0.6 is 0 Å². The molecule has 60 valence electrons. The van der Waals surface area contributed by atoms with Crippen LogP contribution in [0, 0.1) is 5.92 Å². The van der Waals surface area contributed by atoms with E-state index in [1.54, 1.807) is 0 Å². The van der Waals surface area contributed by atoms with E-state index < -0.39 is 0 Å². The molecular formula is C8H17NO. The Bertz CT molecular complexity index is 101. The van der Waals surface area contributed by atoms with E-state index in [0.29, 0.717) is 6.04 Å². The van der Waals surface area contributed by atoms with Gasteiger partial charge in [-0.25, -0.2) is 0 Å². The van der Waals surface area contributed by atoms with Gasteiger partial charge in [-0.3, -0.25) is 0 Å². The average Bonchev–Trinajstić information content (AvgIpc) is 2.68. The van der Waals surface area contributed by atoms with Crippen LogP contribution in [0.25, 0.3) is 0 Å². The summed E-state index contributed by atoms with van der Waals surface area (Å²) in [6.45, 7) is 4.46. The fraction of sp³-hybridized carbons (Fsp3) is 1.00. The molecular weight excluding hydrogens is 126 g/mol. The minimum Gasteiger partial charge on any atom is -0.395 e. The topological polar surface area (TPSA) is 32.3 Å². The number of rotatable bonds is 4. The molecule has 0 aliphatic heterocycles. The molecule has 1 aliphatic rings. The number of hydrogen-bond donors (Lipinski definition) is 2. The molecule has 2 heteroatoms. The highest BCUT2D eigenvalue weighted by Gasteiger charge is 2.28. The zero-order valence-electron chi connectivity index (χ0n) is 6.80. The Morgan fingerprint density at radius 2 is 2.10 bits per heavy atom. The molecule has 0 spiro atoms. The second kappa shape index (κ2) is 3.35. The molecule has 1 rings (SSSR count). The molecule has 1 unspecified atom stereocenters. The van der Waals surface area contributed by atoms with Gasteiger partial charge in [0.1, 0.15) is 0 Å². The number of nitrogens with one attached hydrogen (secondary N) is 1. The first-order valence-electron chi connectivity index (χ1n) is 4.11. The van der Waals surface area contributed by atoms with Crippen molar-refractivity contribution >= 4 is 0 Å². The van der Waals surface area contributed by atoms with Gasteiger partial charge in [-0.1, -0.05) is 0 Å². The maximum absolute atomic E-state index is 8.72. The highest BCUT2D eigenvalue weighted by molar-refractivity contribution is 4.84. The summed E-state index contributed by atoms with van der Waals surface area (Å²) in [6.07, 6.45) is 2.73. The lowest BCUT2D eigenvalue weighted by Gasteiger charge is -2.17. The largest absolute Gasteiger partial charge is 0.395 e. The Kier molecular flexibility index (Phi) is 2.69. The lowest BCUT2D eigenvalue weighted by Crippen LogP contribution is -2.37. The van der Waals surface area contributed by atoms with E-state index in [1.165, 1.54) is 12.8 Å². The molecule has 1 aliphatic carbocycles. The van der Waals surface area contributed by atoms with E-state index >= 15 is 0 Å². The van der Waals surface area contributed by atoms with Crippen molar-refractivity contribution in [2.24, 2.45) is 5.92 Å². The van der Waals surface area contributed by atoms with E-state index in [1.807, 2.05) is 6.92 Å². The van der Waals surface area contributed by atoms with Crippen LogP contribution in [0.15, 0.2) is 0 Å². The van der Waals surface area contributed by atoms with Gasteiger partial charge in [-0.05, 0) is 32.6 Å². The summed E-state index contributed by atoms with van der Waals surface area (Å²) < 4.78 is 0. The summed E-state index contributed by atoms with van der Waals surface area (Å²) in [6, 6.07) is 0.859. The molecule has 2 atom stereocenters. The Morgan fingerprint density at radius 3 is 2.50 bits per heavy atom. The molecule has 1 fully saturated rings. The Labute approximate surface area is 62.6 Å². The van der Waals surface area contributed by atoms with Gasteiger partial charge in [0.15, 0.2) is 0 Å². The molecule has 2 N–H and O–H groups in total. The monoisotopic (exact) mass is 143 g/mol. The Morgan fingerprint density at radius 1 is 1.50 bits per heavy atom. The average molecular weight is 143 g/mol. The lowest BCUT2D eigenvalue weighted by molar-refractivity contribution is 0.239. The van der Waals surface area contributed by atoms with Crippen LogP contribution in [0.5, 0.6) is 0 Å². The van der Waals surface area contributed by atoms with Crippen LogP contribution in [0.3, 0.4) is 0 Å². The summed E-state index contributed by atoms with van der Waals surface area (Å²) in [5.41, 5.74) is 0. The Balaban J connectivity index is 2.10. The fourth-order valence-electron chi connectivity index (χ4n) is 1.23. The van der Waals surface area contributed by atoms with E-state index in [0.717, 1.165) is 5.92 Å². The SMILES string of the molecule is CC(N[C@@H](C)CO)C1CC1. The van der Waals surface area contributed by atoms with Crippen molar-refractivity contribution in [1.29, 1.82) is 0 Å². The van der Waals surface area contributed by atoms with E-state index in [2.05, 4.69) is 12.2 Å². The third-order valence-electron chi connectivity index (χ3n) is 2.15. The normalized spacial score (nSPS) is 24.3. The van der Waals surface area contributed by atoms with Crippen molar-refractivity contribution < 1.29 is 5.11 Å². The van der Waals surface area contributed by atoms with Crippen LogP contribution in [0.4, 0.5) is 0 Å². The maximum Gasteiger partial charge on any atom is 0.0582 e. The standard InChI is InChI=1S/C8H17NO/c1-6(5-10)9-7(2)8-3-4-8/h6-10H,3-5H2,1-2H3/t6-,7?/m0/s1. The second-order valence-electron chi connectivity index (χ2n) is 3.38. The summed E-state index contributed by atoms with van der Waals surface area (Å²) >= 11 is 0. The molecule has 0 aromatic heterocycles. The Hall–Kier alpha value is -0.0800. The molecule has 0 heterocycles. The van der Waals surface area contributed by atoms with Gasteiger partial charge < -0.3 is 10.4 Å². The van der Waals surface area contributed by atoms with Crippen LogP contribution in [-0.2, 0) is 0 Å². The van der Waals surface area contributed by atoms with Gasteiger partial charge in [0.25, 0.3) is 0 Å². The molecule has 0 aromatic carbocycles. The van der Waals surface area contributed by atoms with Crippen molar-refractivity contribution in [3.8, 4) is 0 Å². The van der Waals surface area contributed by atoms with Gasteiger partial charge in [0, 0.05) is 12.1 Å². The van der Waals surface area contributed by atoms with Gasteiger partial charge in [0.2, 0.25) is 0 Å². The number of aliphatic hydroxyl groups is 1. The number of hydrogen-bond acceptors (Lipinski definition) is 2. The van der Waals surface area contributed by atoms with E-state index in [4.69, 9.17) is 5.11 Å². The first-order chi connectivity index (χ1) is 4.74. The van der Waals surface area contributed by atoms with Crippen LogP contribution in [-0.4, -0.2) is 23.8 Å². The minimum atomic E-state index is 0.247. The van der Waals surface area contributed by atoms with Crippen LogP contribution in [0.1, 0.15) is 26.7 Å². The number of aliphatic hydroxyl groups excluding tert-OH is 1. The molecule has 0 bridgehead atoms. The van der Waals surface area contributed by atoms with Crippen LogP contribution < -0.4 is 5.32 Å². The summed E-state index contributed by atoms with van der Waals surface area (Å²) in [5, 5.41) is 12.1. The quantitative estimate of drug-likeness (QED) is 0.609. The maximum atomic E-state index is 8.72. The van der Waals surface area contributed by atoms with Crippen molar-refractivity contribution in [2.75, 3.05) is 6.61 Å². The second-order valence-corrected chi connectivity index (χ2v) is 3.38. The van der Waals surface area contributed by atoms with Crippen LogP contribution in [0.2, 0.25) is 0 Å². The molecule has 0 radical (unpaired) electrons. The summed E-state index contributed by atoms with van der Waals surface area (Å²) in [4.78, 5) is 0. The molecule has 2 nitrogen and oxygen atoms in total. The molecule has 1 saturated carbocycles. The summed E-state index contributed by atoms with van der Waals surface area (Å²) in [5.74, 6) is 0.883. The predicted octanol–water partition coefficient (Wildman–Crippen LogP) is 0.755. The zero-order valence-corrected chi connectivity index (χ0v) is 6.80. The zero-order chi connectivity index (χ0) is 7.56. The van der Waals surface area contributed by atoms with Gasteiger partial charge >= 0.3 is 0 Å².